The van der Waals surface area contributed by atoms with Gasteiger partial charge in [-0.15, -0.1) is 0 Å². The molecular weight excluding hydrogens is 196 g/mol. The van der Waals surface area contributed by atoms with Gasteiger partial charge in [-0.25, -0.2) is 9.59 Å². The summed E-state index contributed by atoms with van der Waals surface area (Å²) < 4.78 is 4.50. The molecule has 2 N–H and O–H groups in total. The zero-order valence-corrected chi connectivity index (χ0v) is 10.2. The number of carbonyl (C=O) groups is 2. The quantitative estimate of drug-likeness (QED) is 0.609. The number of ether oxygens (including phenoxy) is 1. The molecule has 0 radical (unpaired) electrons. The molecular formula is C10H20N2O3. The molecule has 0 fully saturated rings. The summed E-state index contributed by atoms with van der Waals surface area (Å²) in [5, 5.41) is 5.03. The summed E-state index contributed by atoms with van der Waals surface area (Å²) in [6.07, 6.45) is -1.49. The van der Waals surface area contributed by atoms with E-state index < -0.39 is 23.3 Å². The van der Waals surface area contributed by atoms with Crippen LogP contribution in [0.1, 0.15) is 41.5 Å². The lowest BCUT2D eigenvalue weighted by Gasteiger charge is -2.22. The minimum Gasteiger partial charge on any atom is -0.359 e. The van der Waals surface area contributed by atoms with Gasteiger partial charge in [-0.05, 0) is 41.5 Å². The van der Waals surface area contributed by atoms with Crippen LogP contribution in [0.4, 0.5) is 9.59 Å². The van der Waals surface area contributed by atoms with Gasteiger partial charge in [0.2, 0.25) is 0 Å². The van der Waals surface area contributed by atoms with E-state index in [-0.39, 0.29) is 0 Å². The Kier molecular flexibility index (Phi) is 4.13. The second kappa shape index (κ2) is 4.51. The maximum Gasteiger partial charge on any atom is 0.416 e. The Morgan fingerprint density at radius 3 is 1.27 bits per heavy atom. The lowest BCUT2D eigenvalue weighted by molar-refractivity contribution is 0.139. The van der Waals surface area contributed by atoms with Gasteiger partial charge in [0.05, 0.1) is 0 Å². The predicted molar refractivity (Wildman–Crippen MR) is 57.7 cm³/mol. The molecule has 5 heteroatoms. The SMILES string of the molecule is CC(C)(C)NC(=O)OC(=O)NC(C)(C)C. The van der Waals surface area contributed by atoms with Gasteiger partial charge in [0.15, 0.2) is 0 Å². The summed E-state index contributed by atoms with van der Waals surface area (Å²) in [7, 11) is 0. The summed E-state index contributed by atoms with van der Waals surface area (Å²) in [4.78, 5) is 22.3. The third-order valence-corrected chi connectivity index (χ3v) is 1.14. The molecule has 0 unspecified atom stereocenters. The van der Waals surface area contributed by atoms with Crippen molar-refractivity contribution in [3.05, 3.63) is 0 Å². The molecule has 88 valence electrons. The molecule has 0 aromatic heterocycles. The first-order valence-electron chi connectivity index (χ1n) is 4.82. The average Bonchev–Trinajstić information content (AvgIpc) is 1.73. The summed E-state index contributed by atoms with van der Waals surface area (Å²) in [6, 6.07) is 0. The van der Waals surface area contributed by atoms with Gasteiger partial charge in [0.25, 0.3) is 0 Å². The number of carbonyl (C=O) groups excluding carboxylic acids is 2. The lowest BCUT2D eigenvalue weighted by Crippen LogP contribution is -2.46. The number of amides is 2. The molecule has 0 rings (SSSR count). The molecule has 0 saturated carbocycles. The first-order chi connectivity index (χ1) is 6.49. The molecule has 0 aromatic rings. The fraction of sp³-hybridized carbons (Fsp3) is 0.800. The van der Waals surface area contributed by atoms with Crippen molar-refractivity contribution in [1.82, 2.24) is 10.6 Å². The second-order valence-electron chi connectivity index (χ2n) is 5.43. The fourth-order valence-electron chi connectivity index (χ4n) is 0.748. The molecule has 0 aliphatic carbocycles. The van der Waals surface area contributed by atoms with E-state index in [1.165, 1.54) is 0 Å². The van der Waals surface area contributed by atoms with Gasteiger partial charge >= 0.3 is 12.2 Å². The van der Waals surface area contributed by atoms with Crippen LogP contribution in [0, 0.1) is 0 Å². The number of hydrogen-bond donors (Lipinski definition) is 2. The highest BCUT2D eigenvalue weighted by molar-refractivity contribution is 5.84. The molecule has 0 heterocycles. The Balaban J connectivity index is 4.04. The zero-order chi connectivity index (χ0) is 12.3. The van der Waals surface area contributed by atoms with E-state index in [0.717, 1.165) is 0 Å². The van der Waals surface area contributed by atoms with Crippen molar-refractivity contribution in [3.63, 3.8) is 0 Å². The summed E-state index contributed by atoms with van der Waals surface area (Å²) in [5.74, 6) is 0. The van der Waals surface area contributed by atoms with E-state index in [2.05, 4.69) is 15.4 Å². The molecule has 0 bridgehead atoms. The molecule has 0 atom stereocenters. The van der Waals surface area contributed by atoms with Crippen LogP contribution in [0.25, 0.3) is 0 Å². The van der Waals surface area contributed by atoms with Crippen LogP contribution in [0.2, 0.25) is 0 Å². The molecule has 0 spiro atoms. The first-order valence-corrected chi connectivity index (χ1v) is 4.82. The zero-order valence-electron chi connectivity index (χ0n) is 10.2. The van der Waals surface area contributed by atoms with Crippen LogP contribution in [0.15, 0.2) is 0 Å². The van der Waals surface area contributed by atoms with Crippen molar-refractivity contribution < 1.29 is 14.3 Å². The lowest BCUT2D eigenvalue weighted by atomic mass is 10.1. The summed E-state index contributed by atoms with van der Waals surface area (Å²) >= 11 is 0. The number of hydrogen-bond acceptors (Lipinski definition) is 3. The fourth-order valence-corrected chi connectivity index (χ4v) is 0.748. The van der Waals surface area contributed by atoms with Crippen LogP contribution in [0.3, 0.4) is 0 Å². The summed E-state index contributed by atoms with van der Waals surface area (Å²) in [5.41, 5.74) is -0.835. The Bertz CT molecular complexity index is 222. The maximum absolute atomic E-state index is 11.2. The minimum absolute atomic E-state index is 0.418. The Morgan fingerprint density at radius 2 is 1.07 bits per heavy atom. The van der Waals surface area contributed by atoms with Crippen molar-refractivity contribution in [1.29, 1.82) is 0 Å². The van der Waals surface area contributed by atoms with Crippen molar-refractivity contribution in [2.45, 2.75) is 52.6 Å². The van der Waals surface area contributed by atoms with E-state index in [9.17, 15) is 9.59 Å². The highest BCUT2D eigenvalue weighted by Crippen LogP contribution is 2.01. The third kappa shape index (κ3) is 9.05. The first kappa shape index (κ1) is 13.7. The van der Waals surface area contributed by atoms with E-state index in [0.29, 0.717) is 0 Å². The molecule has 0 aliphatic rings. The van der Waals surface area contributed by atoms with E-state index >= 15 is 0 Å². The highest BCUT2D eigenvalue weighted by atomic mass is 16.6. The van der Waals surface area contributed by atoms with Gasteiger partial charge in [-0.2, -0.15) is 0 Å². The Morgan fingerprint density at radius 1 is 0.800 bits per heavy atom. The van der Waals surface area contributed by atoms with E-state index in [4.69, 9.17) is 0 Å². The van der Waals surface area contributed by atoms with Crippen molar-refractivity contribution in [3.8, 4) is 0 Å². The number of nitrogens with one attached hydrogen (secondary N) is 2. The van der Waals surface area contributed by atoms with Crippen molar-refractivity contribution in [2.75, 3.05) is 0 Å². The number of rotatable bonds is 0. The van der Waals surface area contributed by atoms with E-state index in [1.807, 2.05) is 0 Å². The largest absolute Gasteiger partial charge is 0.416 e. The number of alkyl carbamates (subject to hydrolysis) is 2. The predicted octanol–water partition coefficient (Wildman–Crippen LogP) is 2.02. The molecule has 15 heavy (non-hydrogen) atoms. The van der Waals surface area contributed by atoms with E-state index in [1.54, 1.807) is 41.5 Å². The van der Waals surface area contributed by atoms with Crippen LogP contribution in [0.5, 0.6) is 0 Å². The third-order valence-electron chi connectivity index (χ3n) is 1.14. The standard InChI is InChI=1S/C10H20N2O3/c1-9(2,3)11-7(13)15-8(14)12-10(4,5)6/h1-6H3,(H,11,13)(H,12,14). The molecule has 2 amide bonds. The topological polar surface area (TPSA) is 67.4 Å². The monoisotopic (exact) mass is 216 g/mol. The van der Waals surface area contributed by atoms with Gasteiger partial charge in [0.1, 0.15) is 0 Å². The normalized spacial score (nSPS) is 11.9. The van der Waals surface area contributed by atoms with Crippen LogP contribution in [-0.2, 0) is 4.74 Å². The highest BCUT2D eigenvalue weighted by Gasteiger charge is 2.20. The second-order valence-corrected chi connectivity index (χ2v) is 5.43. The molecule has 5 nitrogen and oxygen atoms in total. The van der Waals surface area contributed by atoms with Gasteiger partial charge in [0, 0.05) is 11.1 Å². The smallest absolute Gasteiger partial charge is 0.359 e. The minimum atomic E-state index is -0.746. The van der Waals surface area contributed by atoms with Gasteiger partial charge in [-0.3, -0.25) is 0 Å². The Hall–Kier alpha value is -1.26. The van der Waals surface area contributed by atoms with Crippen molar-refractivity contribution >= 4 is 12.2 Å². The van der Waals surface area contributed by atoms with Crippen LogP contribution in [-0.4, -0.2) is 23.3 Å². The molecule has 0 aliphatic heterocycles. The summed E-state index contributed by atoms with van der Waals surface area (Å²) in [6.45, 7) is 10.8. The molecule has 0 aromatic carbocycles. The average molecular weight is 216 g/mol. The molecule has 0 saturated heterocycles. The van der Waals surface area contributed by atoms with Gasteiger partial charge in [-0.1, -0.05) is 0 Å². The van der Waals surface area contributed by atoms with Gasteiger partial charge < -0.3 is 15.4 Å². The van der Waals surface area contributed by atoms with Crippen molar-refractivity contribution in [2.24, 2.45) is 0 Å². The Labute approximate surface area is 90.6 Å². The van der Waals surface area contributed by atoms with Crippen LogP contribution < -0.4 is 10.6 Å². The van der Waals surface area contributed by atoms with Crippen LogP contribution >= 0.6 is 0 Å². The maximum atomic E-state index is 11.2.